The summed E-state index contributed by atoms with van der Waals surface area (Å²) in [4.78, 5) is 27.9. The van der Waals surface area contributed by atoms with Crippen molar-refractivity contribution in [2.45, 2.75) is 75.9 Å². The molecule has 0 aromatic heterocycles. The topological polar surface area (TPSA) is 58.6 Å². The summed E-state index contributed by atoms with van der Waals surface area (Å²) in [5.41, 5.74) is -1.38. The minimum Gasteiger partial charge on any atom is -0.379 e. The molecule has 0 radical (unpaired) electrons. The third kappa shape index (κ3) is 2.17. The van der Waals surface area contributed by atoms with Crippen molar-refractivity contribution in [2.75, 3.05) is 13.2 Å². The van der Waals surface area contributed by atoms with Gasteiger partial charge >= 0.3 is 0 Å². The number of rotatable bonds is 2. The van der Waals surface area contributed by atoms with E-state index < -0.39 is 11.1 Å². The van der Waals surface area contributed by atoms with Crippen LogP contribution >= 0.6 is 0 Å². The van der Waals surface area contributed by atoms with E-state index in [1.165, 1.54) is 0 Å². The molecular weight excluding hydrogens is 268 g/mol. The first-order chi connectivity index (χ1) is 10.0. The Kier molecular flexibility index (Phi) is 3.72. The van der Waals surface area contributed by atoms with Gasteiger partial charge in [-0.25, -0.2) is 0 Å². The lowest BCUT2D eigenvalue weighted by Gasteiger charge is -2.54. The zero-order valence-electron chi connectivity index (χ0n) is 13.1. The monoisotopic (exact) mass is 294 g/mol. The number of amides is 2. The molecule has 0 bridgehead atoms. The molecule has 2 amide bonds. The molecule has 2 unspecified atom stereocenters. The Morgan fingerprint density at radius 1 is 1.29 bits per heavy atom. The van der Waals surface area contributed by atoms with Gasteiger partial charge in [0.25, 0.3) is 0 Å². The van der Waals surface area contributed by atoms with Gasteiger partial charge in [0.2, 0.25) is 11.8 Å². The summed E-state index contributed by atoms with van der Waals surface area (Å²) in [6.07, 6.45) is 6.22. The molecule has 0 aromatic rings. The Morgan fingerprint density at radius 3 is 2.57 bits per heavy atom. The van der Waals surface area contributed by atoms with E-state index in [0.29, 0.717) is 19.6 Å². The maximum atomic E-state index is 13.3. The summed E-state index contributed by atoms with van der Waals surface area (Å²) in [7, 11) is 0. The summed E-state index contributed by atoms with van der Waals surface area (Å²) in [6.45, 7) is 5.12. The third-order valence-corrected chi connectivity index (χ3v) is 5.67. The smallest absolute Gasteiger partial charge is 0.249 e. The fourth-order valence-corrected chi connectivity index (χ4v) is 4.09. The van der Waals surface area contributed by atoms with Crippen LogP contribution in [-0.4, -0.2) is 47.0 Å². The molecule has 1 aliphatic carbocycles. The average molecular weight is 294 g/mol. The molecule has 5 nitrogen and oxygen atoms in total. The van der Waals surface area contributed by atoms with E-state index in [1.807, 2.05) is 18.7 Å². The number of hydrogen-bond donors (Lipinski definition) is 1. The molecule has 5 heteroatoms. The predicted octanol–water partition coefficient (Wildman–Crippen LogP) is 1.61. The van der Waals surface area contributed by atoms with Crippen LogP contribution in [0.2, 0.25) is 0 Å². The van der Waals surface area contributed by atoms with Crippen molar-refractivity contribution < 1.29 is 14.3 Å². The number of carbonyl (C=O) groups excluding carboxylic acids is 2. The first kappa shape index (κ1) is 14.8. The lowest BCUT2D eigenvalue weighted by molar-refractivity contribution is -0.168. The molecule has 2 heterocycles. The van der Waals surface area contributed by atoms with Crippen LogP contribution in [0.15, 0.2) is 0 Å². The van der Waals surface area contributed by atoms with E-state index >= 15 is 0 Å². The first-order valence-electron chi connectivity index (χ1n) is 8.28. The Bertz CT molecular complexity index is 439. The van der Waals surface area contributed by atoms with E-state index in [2.05, 4.69) is 5.32 Å². The molecule has 3 aliphatic rings. The second-order valence-electron chi connectivity index (χ2n) is 6.92. The van der Waals surface area contributed by atoms with Gasteiger partial charge in [0.1, 0.15) is 11.1 Å². The van der Waals surface area contributed by atoms with Crippen LogP contribution in [0.25, 0.3) is 0 Å². The molecule has 1 spiro atoms. The second kappa shape index (κ2) is 5.27. The standard InChI is InChI=1S/C16H26N2O3/c1-3-15(2)13(19)17-16(8-5-4-6-9-16)14(20)18(15)12-7-10-21-11-12/h12H,3-11H2,1-2H3,(H,17,19). The number of piperazine rings is 1. The highest BCUT2D eigenvalue weighted by Gasteiger charge is 2.57. The number of nitrogens with one attached hydrogen (secondary N) is 1. The van der Waals surface area contributed by atoms with Crippen molar-refractivity contribution in [3.05, 3.63) is 0 Å². The maximum Gasteiger partial charge on any atom is 0.249 e. The van der Waals surface area contributed by atoms with E-state index in [9.17, 15) is 9.59 Å². The number of carbonyl (C=O) groups is 2. The molecule has 3 fully saturated rings. The Morgan fingerprint density at radius 2 is 2.00 bits per heavy atom. The van der Waals surface area contributed by atoms with E-state index in [0.717, 1.165) is 38.5 Å². The Labute approximate surface area is 126 Å². The normalized spacial score (nSPS) is 36.1. The van der Waals surface area contributed by atoms with Crippen LogP contribution in [0.4, 0.5) is 0 Å². The SMILES string of the molecule is CCC1(C)C(=O)NC2(CCCCC2)C(=O)N1C1CCOC1. The van der Waals surface area contributed by atoms with Crippen LogP contribution < -0.4 is 5.32 Å². The molecule has 21 heavy (non-hydrogen) atoms. The molecule has 2 atom stereocenters. The van der Waals surface area contributed by atoms with Crippen LogP contribution in [0.5, 0.6) is 0 Å². The number of ether oxygens (including phenoxy) is 1. The summed E-state index contributed by atoms with van der Waals surface area (Å²) in [6, 6.07) is 0.0484. The van der Waals surface area contributed by atoms with Gasteiger partial charge in [0.05, 0.1) is 12.6 Å². The molecule has 2 aliphatic heterocycles. The molecule has 1 saturated carbocycles. The van der Waals surface area contributed by atoms with Crippen molar-refractivity contribution in [2.24, 2.45) is 0 Å². The number of nitrogens with zero attached hydrogens (tertiary/aromatic N) is 1. The minimum atomic E-state index is -0.738. The van der Waals surface area contributed by atoms with Crippen molar-refractivity contribution in [3.8, 4) is 0 Å². The predicted molar refractivity (Wildman–Crippen MR) is 78.7 cm³/mol. The van der Waals surface area contributed by atoms with Crippen molar-refractivity contribution in [1.29, 1.82) is 0 Å². The minimum absolute atomic E-state index is 0.0124. The van der Waals surface area contributed by atoms with Gasteiger partial charge in [-0.1, -0.05) is 26.2 Å². The zero-order chi connectivity index (χ0) is 15.1. The average Bonchev–Trinajstić information content (AvgIpc) is 3.00. The molecule has 2 saturated heterocycles. The summed E-state index contributed by atoms with van der Waals surface area (Å²) in [5, 5.41) is 3.11. The lowest BCUT2D eigenvalue weighted by Crippen LogP contribution is -2.76. The lowest BCUT2D eigenvalue weighted by atomic mass is 9.75. The Balaban J connectivity index is 1.97. The van der Waals surface area contributed by atoms with Gasteiger partial charge in [-0.15, -0.1) is 0 Å². The zero-order valence-corrected chi connectivity index (χ0v) is 13.1. The molecule has 118 valence electrons. The fraction of sp³-hybridized carbons (Fsp3) is 0.875. The van der Waals surface area contributed by atoms with E-state index in [4.69, 9.17) is 4.74 Å². The molecular formula is C16H26N2O3. The van der Waals surface area contributed by atoms with Crippen molar-refractivity contribution >= 4 is 11.8 Å². The van der Waals surface area contributed by atoms with Gasteiger partial charge in [0.15, 0.2) is 0 Å². The third-order valence-electron chi connectivity index (χ3n) is 5.67. The van der Waals surface area contributed by atoms with Crippen LogP contribution in [0, 0.1) is 0 Å². The van der Waals surface area contributed by atoms with Gasteiger partial charge < -0.3 is 15.0 Å². The first-order valence-corrected chi connectivity index (χ1v) is 8.28. The van der Waals surface area contributed by atoms with Gasteiger partial charge in [-0.05, 0) is 32.6 Å². The Hall–Kier alpha value is -1.10. The van der Waals surface area contributed by atoms with Crippen molar-refractivity contribution in [1.82, 2.24) is 10.2 Å². The molecule has 3 rings (SSSR count). The van der Waals surface area contributed by atoms with Crippen molar-refractivity contribution in [3.63, 3.8) is 0 Å². The highest BCUT2D eigenvalue weighted by molar-refractivity contribution is 6.02. The maximum absolute atomic E-state index is 13.3. The van der Waals surface area contributed by atoms with Crippen LogP contribution in [0.1, 0.15) is 58.8 Å². The summed E-state index contributed by atoms with van der Waals surface area (Å²) in [5.74, 6) is 0.139. The second-order valence-corrected chi connectivity index (χ2v) is 6.92. The highest BCUT2D eigenvalue weighted by Crippen LogP contribution is 2.39. The fourth-order valence-electron chi connectivity index (χ4n) is 4.09. The molecule has 1 N–H and O–H groups in total. The summed E-state index contributed by atoms with van der Waals surface area (Å²) >= 11 is 0. The molecule has 0 aromatic carbocycles. The van der Waals surface area contributed by atoms with Gasteiger partial charge in [-0.2, -0.15) is 0 Å². The van der Waals surface area contributed by atoms with Gasteiger partial charge in [-0.3, -0.25) is 9.59 Å². The van der Waals surface area contributed by atoms with E-state index in [-0.39, 0.29) is 17.9 Å². The van der Waals surface area contributed by atoms with E-state index in [1.54, 1.807) is 0 Å². The van der Waals surface area contributed by atoms with Crippen LogP contribution in [-0.2, 0) is 14.3 Å². The summed E-state index contributed by atoms with van der Waals surface area (Å²) < 4.78 is 5.48. The van der Waals surface area contributed by atoms with Crippen LogP contribution in [0.3, 0.4) is 0 Å². The quantitative estimate of drug-likeness (QED) is 0.841. The van der Waals surface area contributed by atoms with Gasteiger partial charge in [0, 0.05) is 6.61 Å². The highest BCUT2D eigenvalue weighted by atomic mass is 16.5. The largest absolute Gasteiger partial charge is 0.379 e. The number of hydrogen-bond acceptors (Lipinski definition) is 3.